The maximum atomic E-state index is 13.6. The molecule has 0 bridgehead atoms. The fourth-order valence-electron chi connectivity index (χ4n) is 8.10. The average Bonchev–Trinajstić information content (AvgIpc) is 3.32. The van der Waals surface area contributed by atoms with Crippen molar-refractivity contribution in [1.29, 1.82) is 0 Å². The lowest BCUT2D eigenvalue weighted by molar-refractivity contribution is -0.135. The Kier molecular flexibility index (Phi) is 8.63. The molecule has 196 valence electrons. The molecular weight excluding hydrogens is 452 g/mol. The molecule has 2 heterocycles. The minimum atomic E-state index is -0.660. The van der Waals surface area contributed by atoms with Gasteiger partial charge in [0, 0.05) is 18.3 Å². The van der Waals surface area contributed by atoms with Crippen LogP contribution in [0.4, 0.5) is 0 Å². The van der Waals surface area contributed by atoms with Crippen LogP contribution < -0.4 is 10.6 Å². The Balaban J connectivity index is 2.02. The van der Waals surface area contributed by atoms with Crippen LogP contribution in [0.3, 0.4) is 0 Å². The van der Waals surface area contributed by atoms with Gasteiger partial charge in [-0.3, -0.25) is 29.8 Å². The third-order valence-corrected chi connectivity index (χ3v) is 9.36. The highest BCUT2D eigenvalue weighted by Gasteiger charge is 2.60. The van der Waals surface area contributed by atoms with Crippen molar-refractivity contribution in [2.24, 2.45) is 29.1 Å². The zero-order valence-corrected chi connectivity index (χ0v) is 21.6. The fourth-order valence-corrected chi connectivity index (χ4v) is 8.10. The van der Waals surface area contributed by atoms with Gasteiger partial charge in [-0.05, 0) is 56.8 Å². The molecule has 4 unspecified atom stereocenters. The number of allylic oxidation sites excluding steroid dienone is 4. The van der Waals surface area contributed by atoms with E-state index in [1.165, 1.54) is 17.6 Å². The van der Waals surface area contributed by atoms with Crippen LogP contribution >= 0.6 is 0 Å². The highest BCUT2D eigenvalue weighted by atomic mass is 16.2. The first-order valence-electron chi connectivity index (χ1n) is 14.0. The third-order valence-electron chi connectivity index (χ3n) is 9.36. The van der Waals surface area contributed by atoms with E-state index in [1.54, 1.807) is 0 Å². The lowest BCUT2D eigenvalue weighted by Crippen LogP contribution is -2.52. The first-order valence-corrected chi connectivity index (χ1v) is 14.0. The zero-order valence-electron chi connectivity index (χ0n) is 21.6. The summed E-state index contributed by atoms with van der Waals surface area (Å²) in [6, 6.07) is 0. The van der Waals surface area contributed by atoms with E-state index < -0.39 is 17.3 Å². The Bertz CT molecular complexity index is 943. The molecule has 36 heavy (non-hydrogen) atoms. The van der Waals surface area contributed by atoms with Crippen LogP contribution in [0.25, 0.3) is 0 Å². The van der Waals surface area contributed by atoms with Gasteiger partial charge in [-0.2, -0.15) is 0 Å². The van der Waals surface area contributed by atoms with Crippen molar-refractivity contribution in [3.63, 3.8) is 0 Å². The van der Waals surface area contributed by atoms with Crippen molar-refractivity contribution in [3.8, 4) is 0 Å². The predicted molar refractivity (Wildman–Crippen MR) is 139 cm³/mol. The maximum Gasteiger partial charge on any atom is 0.231 e. The van der Waals surface area contributed by atoms with E-state index in [4.69, 9.17) is 0 Å². The number of amides is 4. The Morgan fingerprint density at radius 2 is 1.36 bits per heavy atom. The molecule has 4 amide bonds. The van der Waals surface area contributed by atoms with Crippen LogP contribution in [-0.2, 0) is 19.2 Å². The third kappa shape index (κ3) is 5.01. The van der Waals surface area contributed by atoms with Crippen molar-refractivity contribution in [3.05, 3.63) is 36.5 Å². The smallest absolute Gasteiger partial charge is 0.231 e. The van der Waals surface area contributed by atoms with E-state index in [9.17, 15) is 19.2 Å². The highest BCUT2D eigenvalue weighted by molar-refractivity contribution is 6.05. The zero-order chi connectivity index (χ0) is 25.7. The van der Waals surface area contributed by atoms with E-state index in [0.717, 1.165) is 70.6 Å². The Hall–Kier alpha value is -2.50. The van der Waals surface area contributed by atoms with E-state index >= 15 is 0 Å². The molecule has 0 aromatic carbocycles. The predicted octanol–water partition coefficient (Wildman–Crippen LogP) is 5.30. The van der Waals surface area contributed by atoms with Crippen molar-refractivity contribution in [2.75, 3.05) is 0 Å². The number of nitrogens with one attached hydrogen (secondary N) is 2. The lowest BCUT2D eigenvalue weighted by Gasteiger charge is -2.54. The number of imide groups is 2. The minimum Gasteiger partial charge on any atom is -0.296 e. The van der Waals surface area contributed by atoms with Gasteiger partial charge in [0.05, 0.1) is 11.8 Å². The quantitative estimate of drug-likeness (QED) is 0.371. The number of hydrogen-bond donors (Lipinski definition) is 2. The summed E-state index contributed by atoms with van der Waals surface area (Å²) in [5.74, 6) is -1.90. The van der Waals surface area contributed by atoms with E-state index in [-0.39, 0.29) is 48.3 Å². The van der Waals surface area contributed by atoms with Crippen LogP contribution in [0.5, 0.6) is 0 Å². The van der Waals surface area contributed by atoms with Crippen LogP contribution in [0.1, 0.15) is 96.3 Å². The molecule has 2 aliphatic heterocycles. The van der Waals surface area contributed by atoms with Gasteiger partial charge in [-0.1, -0.05) is 61.8 Å². The molecule has 2 saturated heterocycles. The molecule has 6 heteroatoms. The summed E-state index contributed by atoms with van der Waals surface area (Å²) in [4.78, 5) is 52.1. The largest absolute Gasteiger partial charge is 0.296 e. The second kappa shape index (κ2) is 11.7. The summed E-state index contributed by atoms with van der Waals surface area (Å²) in [6.07, 6.45) is 16.8. The van der Waals surface area contributed by atoms with Gasteiger partial charge >= 0.3 is 0 Å². The van der Waals surface area contributed by atoms with Crippen molar-refractivity contribution in [1.82, 2.24) is 10.6 Å². The first kappa shape index (κ1) is 26.6. The van der Waals surface area contributed by atoms with Crippen molar-refractivity contribution >= 4 is 23.6 Å². The highest BCUT2D eigenvalue weighted by Crippen LogP contribution is 2.61. The summed E-state index contributed by atoms with van der Waals surface area (Å²) in [5, 5.41) is 5.18. The SMILES string of the molecule is C=CC/C1=C(\CC=C)C(C2CCCCCCC2)(C2CC(=O)NC2=O)C(C2CC(=O)NC2=O)CCCC1. The second-order valence-corrected chi connectivity index (χ2v) is 11.3. The molecule has 4 aliphatic rings. The van der Waals surface area contributed by atoms with Gasteiger partial charge in [-0.25, -0.2) is 0 Å². The van der Waals surface area contributed by atoms with Crippen LogP contribution in [-0.4, -0.2) is 23.6 Å². The molecule has 6 nitrogen and oxygen atoms in total. The standard InChI is InChI=1S/C30H42N2O4/c1-3-12-20-14-10-11-17-24(22-18-26(33)31-28(22)35)30(23(20)13-4-2,25-19-27(34)32-29(25)36)21-15-8-6-5-7-9-16-21/h3-4,21-22,24-25H,1-2,5-19H2,(H,31,33,35)(H,32,34,36)/b23-20-. The van der Waals surface area contributed by atoms with Gasteiger partial charge in [0.1, 0.15) is 0 Å². The van der Waals surface area contributed by atoms with Gasteiger partial charge < -0.3 is 0 Å². The number of rotatable bonds is 7. The van der Waals surface area contributed by atoms with Crippen LogP contribution in [0.2, 0.25) is 0 Å². The molecule has 0 spiro atoms. The summed E-state index contributed by atoms with van der Waals surface area (Å²) in [5.41, 5.74) is 1.83. The topological polar surface area (TPSA) is 92.3 Å². The van der Waals surface area contributed by atoms with Crippen LogP contribution in [0, 0.1) is 29.1 Å². The monoisotopic (exact) mass is 494 g/mol. The first-order chi connectivity index (χ1) is 17.4. The fraction of sp³-hybridized carbons (Fsp3) is 0.667. The number of carbonyl (C=O) groups is 4. The minimum absolute atomic E-state index is 0.149. The molecule has 0 aromatic rings. The second-order valence-electron chi connectivity index (χ2n) is 11.3. The number of carbonyl (C=O) groups excluding carboxylic acids is 4. The van der Waals surface area contributed by atoms with Gasteiger partial charge in [0.2, 0.25) is 23.6 Å². The molecule has 2 N–H and O–H groups in total. The molecule has 3 fully saturated rings. The molecule has 0 radical (unpaired) electrons. The molecule has 4 rings (SSSR count). The Morgan fingerprint density at radius 1 is 0.750 bits per heavy atom. The Labute approximate surface area is 215 Å². The Morgan fingerprint density at radius 3 is 1.94 bits per heavy atom. The molecule has 4 atom stereocenters. The summed E-state index contributed by atoms with van der Waals surface area (Å²) < 4.78 is 0. The molecule has 0 aromatic heterocycles. The normalized spacial score (nSPS) is 34.8. The summed E-state index contributed by atoms with van der Waals surface area (Å²) >= 11 is 0. The molecule has 2 aliphatic carbocycles. The maximum absolute atomic E-state index is 13.6. The number of hydrogen-bond acceptors (Lipinski definition) is 4. The lowest BCUT2D eigenvalue weighted by atomic mass is 9.48. The molecular formula is C30H42N2O4. The van der Waals surface area contributed by atoms with E-state index in [2.05, 4.69) is 23.8 Å². The van der Waals surface area contributed by atoms with Gasteiger partial charge in [0.15, 0.2) is 0 Å². The average molecular weight is 495 g/mol. The molecule has 1 saturated carbocycles. The summed E-state index contributed by atoms with van der Waals surface area (Å²) in [6.45, 7) is 8.13. The van der Waals surface area contributed by atoms with Crippen molar-refractivity contribution < 1.29 is 19.2 Å². The van der Waals surface area contributed by atoms with E-state index in [0.29, 0.717) is 6.42 Å². The van der Waals surface area contributed by atoms with Gasteiger partial charge in [0.25, 0.3) is 0 Å². The summed E-state index contributed by atoms with van der Waals surface area (Å²) in [7, 11) is 0. The van der Waals surface area contributed by atoms with E-state index in [1.807, 2.05) is 12.2 Å². The van der Waals surface area contributed by atoms with Crippen molar-refractivity contribution in [2.45, 2.75) is 96.3 Å². The van der Waals surface area contributed by atoms with Gasteiger partial charge in [-0.15, -0.1) is 13.2 Å². The van der Waals surface area contributed by atoms with Crippen LogP contribution in [0.15, 0.2) is 36.5 Å².